The summed E-state index contributed by atoms with van der Waals surface area (Å²) in [5.41, 5.74) is 0. The Balaban J connectivity index is 0.00000104. The number of ether oxygens (including phenoxy) is 3. The van der Waals surface area contributed by atoms with E-state index in [4.69, 9.17) is 24.4 Å². The lowest BCUT2D eigenvalue weighted by Crippen LogP contribution is -2.44. The topological polar surface area (TPSA) is 298 Å². The number of carboxylic acid groups (broad SMARTS) is 3. The van der Waals surface area contributed by atoms with Crippen molar-refractivity contribution in [3.05, 3.63) is 12.2 Å². The van der Waals surface area contributed by atoms with Gasteiger partial charge in [0.1, 0.15) is 17.6 Å². The highest BCUT2D eigenvalue weighted by atomic mass is 16.5. The van der Waals surface area contributed by atoms with Gasteiger partial charge in [0, 0.05) is 102 Å². The number of rotatable bonds is 50. The molecule has 20 heteroatoms. The summed E-state index contributed by atoms with van der Waals surface area (Å²) in [6, 6.07) is -1.23. The smallest absolute Gasteiger partial charge is 0.326 e. The van der Waals surface area contributed by atoms with Gasteiger partial charge in [-0.25, -0.2) is 4.79 Å². The SMILES string of the molecule is CCC(=O)CCCCCCCCCCCCCCCCCCC(=O)O.CCC1CCC(C(=O)NC(CCC(=O)CC(CCC(=O)O)C(=O)NCCCOCCOCCOCCCNC(=O)CCN2C(=O)C=CC2=O)C(=O)O)CC1. The number of amides is 5. The van der Waals surface area contributed by atoms with Crippen LogP contribution in [0.15, 0.2) is 12.2 Å². The number of Topliss-reactive ketones (excluding diaryl/α,β-unsaturated/α-hetero) is 2. The van der Waals surface area contributed by atoms with Crippen LogP contribution in [0.2, 0.25) is 0 Å². The Labute approximate surface area is 470 Å². The first-order valence-electron chi connectivity index (χ1n) is 29.9. The molecule has 1 saturated carbocycles. The molecular formula is C59H100N4O16. The van der Waals surface area contributed by atoms with E-state index in [0.717, 1.165) is 49.8 Å². The number of ketones is 2. The first kappa shape index (κ1) is 71.9. The highest BCUT2D eigenvalue weighted by molar-refractivity contribution is 6.13. The molecule has 2 unspecified atom stereocenters. The minimum atomic E-state index is -1.24. The van der Waals surface area contributed by atoms with E-state index in [9.17, 15) is 53.1 Å². The normalized spacial score (nSPS) is 15.7. The third kappa shape index (κ3) is 39.9. The number of carbonyl (C=O) groups is 10. The van der Waals surface area contributed by atoms with Crippen LogP contribution in [-0.2, 0) is 62.2 Å². The summed E-state index contributed by atoms with van der Waals surface area (Å²) in [5.74, 6) is -5.40. The summed E-state index contributed by atoms with van der Waals surface area (Å²) in [5, 5.41) is 35.3. The number of hydrogen-bond acceptors (Lipinski definition) is 13. The fraction of sp³-hybridized carbons (Fsp3) is 0.797. The maximum Gasteiger partial charge on any atom is 0.326 e. The lowest BCUT2D eigenvalue weighted by molar-refractivity contribution is -0.143. The molecule has 1 fully saturated rings. The second-order valence-electron chi connectivity index (χ2n) is 21.0. The van der Waals surface area contributed by atoms with Crippen LogP contribution < -0.4 is 16.0 Å². The molecule has 0 saturated heterocycles. The molecule has 2 rings (SSSR count). The Bertz CT molecular complexity index is 1780. The summed E-state index contributed by atoms with van der Waals surface area (Å²) in [6.07, 6.45) is 28.9. The zero-order valence-electron chi connectivity index (χ0n) is 48.1. The summed E-state index contributed by atoms with van der Waals surface area (Å²) in [6.45, 7) is 6.83. The monoisotopic (exact) mass is 1120 g/mol. The number of nitrogens with zero attached hydrogens (tertiary/aromatic N) is 1. The van der Waals surface area contributed by atoms with Crippen molar-refractivity contribution in [2.45, 2.75) is 225 Å². The number of imide groups is 1. The third-order valence-corrected chi connectivity index (χ3v) is 14.4. The zero-order valence-corrected chi connectivity index (χ0v) is 48.1. The molecule has 1 aliphatic heterocycles. The Hall–Kier alpha value is -5.08. The van der Waals surface area contributed by atoms with Crippen molar-refractivity contribution in [1.29, 1.82) is 0 Å². The minimum absolute atomic E-state index is 0.0331. The first-order valence-corrected chi connectivity index (χ1v) is 29.9. The fourth-order valence-electron chi connectivity index (χ4n) is 9.36. The van der Waals surface area contributed by atoms with E-state index in [1.807, 2.05) is 6.92 Å². The number of hydrogen-bond donors (Lipinski definition) is 6. The van der Waals surface area contributed by atoms with Gasteiger partial charge in [-0.15, -0.1) is 0 Å². The molecule has 452 valence electrons. The van der Waals surface area contributed by atoms with E-state index in [2.05, 4.69) is 22.9 Å². The number of nitrogens with one attached hydrogen (secondary N) is 3. The van der Waals surface area contributed by atoms with Gasteiger partial charge in [-0.1, -0.05) is 110 Å². The Morgan fingerprint density at radius 1 is 0.544 bits per heavy atom. The van der Waals surface area contributed by atoms with E-state index in [0.29, 0.717) is 96.4 Å². The zero-order chi connectivity index (χ0) is 58.3. The second kappa shape index (κ2) is 47.7. The second-order valence-corrected chi connectivity index (χ2v) is 21.0. The third-order valence-electron chi connectivity index (χ3n) is 14.4. The van der Waals surface area contributed by atoms with Crippen LogP contribution in [0, 0.1) is 17.8 Å². The molecular weight excluding hydrogens is 1020 g/mol. The van der Waals surface area contributed by atoms with Crippen LogP contribution in [0.25, 0.3) is 0 Å². The first-order chi connectivity index (χ1) is 38.1. The van der Waals surface area contributed by atoms with Gasteiger partial charge in [0.05, 0.1) is 26.4 Å². The molecule has 0 bridgehead atoms. The van der Waals surface area contributed by atoms with Crippen LogP contribution >= 0.6 is 0 Å². The maximum absolute atomic E-state index is 12.8. The van der Waals surface area contributed by atoms with Crippen LogP contribution in [0.3, 0.4) is 0 Å². The van der Waals surface area contributed by atoms with E-state index in [-0.39, 0.29) is 75.1 Å². The number of carboxylic acids is 3. The van der Waals surface area contributed by atoms with E-state index >= 15 is 0 Å². The predicted octanol–water partition coefficient (Wildman–Crippen LogP) is 8.44. The van der Waals surface area contributed by atoms with Crippen molar-refractivity contribution in [3.63, 3.8) is 0 Å². The largest absolute Gasteiger partial charge is 0.481 e. The number of carbonyl (C=O) groups excluding carboxylic acids is 7. The molecule has 5 amide bonds. The van der Waals surface area contributed by atoms with Crippen molar-refractivity contribution in [2.75, 3.05) is 59.3 Å². The summed E-state index contributed by atoms with van der Waals surface area (Å²) in [7, 11) is 0. The maximum atomic E-state index is 12.8. The molecule has 0 spiro atoms. The van der Waals surface area contributed by atoms with Crippen molar-refractivity contribution >= 4 is 59.0 Å². The minimum Gasteiger partial charge on any atom is -0.481 e. The van der Waals surface area contributed by atoms with Gasteiger partial charge in [-0.3, -0.25) is 48.1 Å². The quantitative estimate of drug-likeness (QED) is 0.0246. The lowest BCUT2D eigenvalue weighted by Gasteiger charge is -2.28. The predicted molar refractivity (Wildman–Crippen MR) is 299 cm³/mol. The van der Waals surface area contributed by atoms with Crippen LogP contribution in [-0.4, -0.2) is 145 Å². The molecule has 6 N–H and O–H groups in total. The van der Waals surface area contributed by atoms with Crippen molar-refractivity contribution in [3.8, 4) is 0 Å². The Kier molecular flexibility index (Phi) is 43.4. The van der Waals surface area contributed by atoms with E-state index < -0.39 is 47.6 Å². The van der Waals surface area contributed by atoms with Gasteiger partial charge < -0.3 is 45.5 Å². The molecule has 79 heavy (non-hydrogen) atoms. The summed E-state index contributed by atoms with van der Waals surface area (Å²) >= 11 is 0. The molecule has 2 aliphatic rings. The van der Waals surface area contributed by atoms with Crippen LogP contribution in [0.5, 0.6) is 0 Å². The fourth-order valence-corrected chi connectivity index (χ4v) is 9.36. The van der Waals surface area contributed by atoms with Gasteiger partial charge >= 0.3 is 17.9 Å². The molecule has 0 aromatic carbocycles. The highest BCUT2D eigenvalue weighted by Crippen LogP contribution is 2.31. The number of aliphatic carboxylic acids is 3. The molecule has 2 atom stereocenters. The molecule has 0 aromatic rings. The van der Waals surface area contributed by atoms with Crippen molar-refractivity contribution < 1.29 is 77.5 Å². The Morgan fingerprint density at radius 3 is 1.48 bits per heavy atom. The van der Waals surface area contributed by atoms with Crippen molar-refractivity contribution in [1.82, 2.24) is 20.9 Å². The molecule has 1 heterocycles. The highest BCUT2D eigenvalue weighted by Gasteiger charge is 2.30. The van der Waals surface area contributed by atoms with Gasteiger partial charge in [-0.2, -0.15) is 0 Å². The molecule has 0 radical (unpaired) electrons. The van der Waals surface area contributed by atoms with Crippen LogP contribution in [0.4, 0.5) is 0 Å². The van der Waals surface area contributed by atoms with E-state index in [1.54, 1.807) is 0 Å². The van der Waals surface area contributed by atoms with Crippen LogP contribution in [0.1, 0.15) is 219 Å². The average molecular weight is 1120 g/mol. The van der Waals surface area contributed by atoms with Gasteiger partial charge in [0.25, 0.3) is 11.8 Å². The Morgan fingerprint density at radius 2 is 1.01 bits per heavy atom. The van der Waals surface area contributed by atoms with Crippen molar-refractivity contribution in [2.24, 2.45) is 17.8 Å². The van der Waals surface area contributed by atoms with Gasteiger partial charge in [0.15, 0.2) is 0 Å². The molecule has 20 nitrogen and oxygen atoms in total. The standard InChI is InChI=1S/C37H58N4O13.C22H42O3/c1-2-26-5-7-27(8-6-26)36(49)40-30(37(50)51)11-10-29(42)25-28(9-14-34(46)47)35(48)39-17-4-20-53-22-24-54-23-21-52-19-3-16-38-31(43)15-18-41-32(44)12-13-33(41)45;1-2-21(23)19-17-15-13-11-9-7-5-3-4-6-8-10-12-14-16-18-20-22(24)25/h12-13,26-28,30H,2-11,14-25H2,1H3,(H,38,43)(H,39,48)(H,40,49)(H,46,47)(H,50,51);2-20H2,1H3,(H,24,25). The molecule has 0 aromatic heterocycles. The van der Waals surface area contributed by atoms with Gasteiger partial charge in [0.2, 0.25) is 17.7 Å². The average Bonchev–Trinajstić information content (AvgIpc) is 3.76. The van der Waals surface area contributed by atoms with E-state index in [1.165, 1.54) is 95.6 Å². The number of unbranched alkanes of at least 4 members (excludes halogenated alkanes) is 15. The van der Waals surface area contributed by atoms with Gasteiger partial charge in [-0.05, 0) is 70.1 Å². The summed E-state index contributed by atoms with van der Waals surface area (Å²) in [4.78, 5) is 119. The molecule has 1 aliphatic carbocycles. The summed E-state index contributed by atoms with van der Waals surface area (Å²) < 4.78 is 16.4. The lowest BCUT2D eigenvalue weighted by atomic mass is 9.80.